The quantitative estimate of drug-likeness (QED) is 0.810. The molecule has 0 fully saturated rings. The minimum absolute atomic E-state index is 0.669. The molecule has 2 aromatic rings. The second kappa shape index (κ2) is 4.26. The topological polar surface area (TPSA) is 67.8 Å². The molecule has 0 radical (unpaired) electrons. The lowest BCUT2D eigenvalue weighted by Gasteiger charge is -2.05. The minimum atomic E-state index is 0.669. The molecule has 0 aromatic carbocycles. The van der Waals surface area contributed by atoms with Gasteiger partial charge < -0.3 is 10.1 Å². The fraction of sp³-hybridized carbons (Fsp3) is 0.400. The molecular weight excluding hydrogens is 206 g/mol. The van der Waals surface area contributed by atoms with Gasteiger partial charge in [0.2, 0.25) is 5.88 Å². The minimum Gasteiger partial charge on any atom is -0.481 e. The highest BCUT2D eigenvalue weighted by Gasteiger charge is 2.13. The zero-order chi connectivity index (χ0) is 11.5. The maximum Gasteiger partial charge on any atom is 0.216 e. The van der Waals surface area contributed by atoms with E-state index in [0.717, 1.165) is 22.8 Å². The lowest BCUT2D eigenvalue weighted by molar-refractivity contribution is 0.370. The molecule has 6 heteroatoms. The molecule has 86 valence electrons. The van der Waals surface area contributed by atoms with Crippen LogP contribution < -0.4 is 10.1 Å². The number of anilines is 1. The third-order valence-electron chi connectivity index (χ3n) is 2.45. The Bertz CT molecular complexity index is 460. The van der Waals surface area contributed by atoms with E-state index in [2.05, 4.69) is 20.6 Å². The average molecular weight is 221 g/mol. The maximum atomic E-state index is 5.30. The fourth-order valence-corrected chi connectivity index (χ4v) is 1.68. The summed E-state index contributed by atoms with van der Waals surface area (Å²) < 4.78 is 7.04. The van der Waals surface area contributed by atoms with Crippen molar-refractivity contribution < 1.29 is 4.74 Å². The standard InChI is InChI=1S/C10H15N5O/c1-7-9(10(16-3)15(2)14-7)6-11-8-4-12-13-5-8/h4-5,11H,6H2,1-3H3,(H,12,13). The molecule has 2 heterocycles. The molecule has 0 amide bonds. The van der Waals surface area contributed by atoms with Crippen LogP contribution in [-0.2, 0) is 13.6 Å². The van der Waals surface area contributed by atoms with Crippen LogP contribution in [0, 0.1) is 6.92 Å². The van der Waals surface area contributed by atoms with Crippen LogP contribution in [0.25, 0.3) is 0 Å². The molecule has 2 rings (SSSR count). The second-order valence-corrected chi connectivity index (χ2v) is 3.54. The van der Waals surface area contributed by atoms with Crippen molar-refractivity contribution >= 4 is 5.69 Å². The summed E-state index contributed by atoms with van der Waals surface area (Å²) in [5.74, 6) is 0.786. The number of hydrogen-bond donors (Lipinski definition) is 2. The van der Waals surface area contributed by atoms with Crippen molar-refractivity contribution in [2.45, 2.75) is 13.5 Å². The van der Waals surface area contributed by atoms with Crippen LogP contribution in [0.1, 0.15) is 11.3 Å². The summed E-state index contributed by atoms with van der Waals surface area (Å²) in [6, 6.07) is 0. The van der Waals surface area contributed by atoms with Crippen molar-refractivity contribution in [2.75, 3.05) is 12.4 Å². The number of ether oxygens (including phenoxy) is 1. The van der Waals surface area contributed by atoms with Crippen molar-refractivity contribution in [2.24, 2.45) is 7.05 Å². The van der Waals surface area contributed by atoms with E-state index >= 15 is 0 Å². The van der Waals surface area contributed by atoms with E-state index in [-0.39, 0.29) is 0 Å². The molecule has 2 aromatic heterocycles. The lowest BCUT2D eigenvalue weighted by atomic mass is 10.2. The van der Waals surface area contributed by atoms with Crippen LogP contribution in [0.3, 0.4) is 0 Å². The molecule has 0 unspecified atom stereocenters. The molecule has 0 saturated heterocycles. The number of nitrogens with one attached hydrogen (secondary N) is 2. The fourth-order valence-electron chi connectivity index (χ4n) is 1.68. The van der Waals surface area contributed by atoms with Crippen LogP contribution >= 0.6 is 0 Å². The first-order valence-electron chi connectivity index (χ1n) is 5.01. The van der Waals surface area contributed by atoms with E-state index in [9.17, 15) is 0 Å². The Hall–Kier alpha value is -1.98. The van der Waals surface area contributed by atoms with Crippen molar-refractivity contribution in [3.8, 4) is 5.88 Å². The van der Waals surface area contributed by atoms with Gasteiger partial charge in [-0.3, -0.25) is 5.10 Å². The van der Waals surface area contributed by atoms with Crippen molar-refractivity contribution in [3.05, 3.63) is 23.7 Å². The number of hydrogen-bond acceptors (Lipinski definition) is 4. The van der Waals surface area contributed by atoms with Gasteiger partial charge in [-0.2, -0.15) is 10.2 Å². The van der Waals surface area contributed by atoms with Gasteiger partial charge in [0.1, 0.15) is 0 Å². The van der Waals surface area contributed by atoms with Gasteiger partial charge >= 0.3 is 0 Å². The van der Waals surface area contributed by atoms with Crippen molar-refractivity contribution in [1.82, 2.24) is 20.0 Å². The summed E-state index contributed by atoms with van der Waals surface area (Å²) in [6.45, 7) is 2.64. The molecule has 0 aliphatic rings. The monoisotopic (exact) mass is 221 g/mol. The van der Waals surface area contributed by atoms with Gasteiger partial charge in [-0.05, 0) is 6.92 Å². The van der Waals surface area contributed by atoms with E-state index in [1.165, 1.54) is 0 Å². The van der Waals surface area contributed by atoms with E-state index in [0.29, 0.717) is 6.54 Å². The van der Waals surface area contributed by atoms with Crippen LogP contribution in [0.2, 0.25) is 0 Å². The van der Waals surface area contributed by atoms with Crippen LogP contribution in [0.5, 0.6) is 5.88 Å². The normalized spacial score (nSPS) is 10.4. The summed E-state index contributed by atoms with van der Waals surface area (Å²) in [5.41, 5.74) is 2.98. The Kier molecular flexibility index (Phi) is 2.80. The SMILES string of the molecule is COc1c(CNc2cn[nH]c2)c(C)nn1C. The molecule has 0 saturated carbocycles. The van der Waals surface area contributed by atoms with E-state index < -0.39 is 0 Å². The number of H-pyrrole nitrogens is 1. The largest absolute Gasteiger partial charge is 0.481 e. The van der Waals surface area contributed by atoms with E-state index in [1.807, 2.05) is 14.0 Å². The summed E-state index contributed by atoms with van der Waals surface area (Å²) in [5, 5.41) is 14.2. The molecular formula is C10H15N5O. The number of aromatic amines is 1. The van der Waals surface area contributed by atoms with Crippen LogP contribution in [0.4, 0.5) is 5.69 Å². The summed E-state index contributed by atoms with van der Waals surface area (Å²) in [7, 11) is 3.52. The Morgan fingerprint density at radius 1 is 1.56 bits per heavy atom. The Morgan fingerprint density at radius 3 is 3.00 bits per heavy atom. The van der Waals surface area contributed by atoms with Gasteiger partial charge in [0, 0.05) is 19.8 Å². The third kappa shape index (κ3) is 1.86. The van der Waals surface area contributed by atoms with Crippen LogP contribution in [-0.4, -0.2) is 27.1 Å². The first-order chi connectivity index (χ1) is 7.72. The third-order valence-corrected chi connectivity index (χ3v) is 2.45. The van der Waals surface area contributed by atoms with Gasteiger partial charge in [0.15, 0.2) is 0 Å². The molecule has 0 spiro atoms. The second-order valence-electron chi connectivity index (χ2n) is 3.54. The summed E-state index contributed by atoms with van der Waals surface area (Å²) >= 11 is 0. The molecule has 16 heavy (non-hydrogen) atoms. The van der Waals surface area contributed by atoms with E-state index in [4.69, 9.17) is 4.74 Å². The van der Waals surface area contributed by atoms with Gasteiger partial charge in [0.05, 0.1) is 30.3 Å². The molecule has 0 aliphatic carbocycles. The number of aromatic nitrogens is 4. The van der Waals surface area contributed by atoms with E-state index in [1.54, 1.807) is 24.2 Å². The average Bonchev–Trinajstić information content (AvgIpc) is 2.83. The van der Waals surface area contributed by atoms with Crippen molar-refractivity contribution in [3.63, 3.8) is 0 Å². The molecule has 2 N–H and O–H groups in total. The molecule has 0 bridgehead atoms. The summed E-state index contributed by atoms with van der Waals surface area (Å²) in [4.78, 5) is 0. The maximum absolute atomic E-state index is 5.30. The Balaban J connectivity index is 2.14. The van der Waals surface area contributed by atoms with Gasteiger partial charge in [-0.15, -0.1) is 0 Å². The smallest absolute Gasteiger partial charge is 0.216 e. The molecule has 0 atom stereocenters. The Morgan fingerprint density at radius 2 is 2.38 bits per heavy atom. The number of rotatable bonds is 4. The number of aryl methyl sites for hydroxylation is 2. The van der Waals surface area contributed by atoms with Crippen molar-refractivity contribution in [1.29, 1.82) is 0 Å². The Labute approximate surface area is 93.6 Å². The molecule has 6 nitrogen and oxygen atoms in total. The highest BCUT2D eigenvalue weighted by molar-refractivity contribution is 5.41. The predicted octanol–water partition coefficient (Wildman–Crippen LogP) is 1.07. The zero-order valence-corrected chi connectivity index (χ0v) is 9.61. The number of nitrogens with zero attached hydrogens (tertiary/aromatic N) is 3. The van der Waals surface area contributed by atoms with Gasteiger partial charge in [-0.1, -0.05) is 0 Å². The molecule has 0 aliphatic heterocycles. The zero-order valence-electron chi connectivity index (χ0n) is 9.61. The highest BCUT2D eigenvalue weighted by atomic mass is 16.5. The summed E-state index contributed by atoms with van der Waals surface area (Å²) in [6.07, 6.45) is 3.54. The van der Waals surface area contributed by atoms with Gasteiger partial charge in [0.25, 0.3) is 0 Å². The van der Waals surface area contributed by atoms with Gasteiger partial charge in [-0.25, -0.2) is 4.68 Å². The highest BCUT2D eigenvalue weighted by Crippen LogP contribution is 2.21. The lowest BCUT2D eigenvalue weighted by Crippen LogP contribution is -2.02. The first kappa shape index (κ1) is 10.5. The predicted molar refractivity (Wildman–Crippen MR) is 60.4 cm³/mol. The van der Waals surface area contributed by atoms with Crippen LogP contribution in [0.15, 0.2) is 12.4 Å². The first-order valence-corrected chi connectivity index (χ1v) is 5.01. The number of methoxy groups -OCH3 is 1.